The fraction of sp³-hybridized carbons (Fsp3) is 0.435. The molecule has 0 atom stereocenters. The quantitative estimate of drug-likeness (QED) is 0.662. The van der Waals surface area contributed by atoms with Crippen LogP contribution in [-0.2, 0) is 20.5 Å². The van der Waals surface area contributed by atoms with Crippen molar-refractivity contribution in [2.75, 3.05) is 57.4 Å². The number of benzene rings is 2. The Morgan fingerprint density at radius 1 is 0.969 bits per heavy atom. The zero-order chi connectivity index (χ0) is 22.7. The second kappa shape index (κ2) is 9.79. The molecule has 2 saturated heterocycles. The summed E-state index contributed by atoms with van der Waals surface area (Å²) in [5.74, 6) is -0.103. The van der Waals surface area contributed by atoms with E-state index in [0.717, 1.165) is 24.3 Å². The normalized spacial score (nSPS) is 18.1. The van der Waals surface area contributed by atoms with Gasteiger partial charge >= 0.3 is 0 Å². The van der Waals surface area contributed by atoms with Crippen molar-refractivity contribution in [2.45, 2.75) is 12.7 Å². The fourth-order valence-electron chi connectivity index (χ4n) is 4.13. The van der Waals surface area contributed by atoms with Crippen LogP contribution in [0.5, 0.6) is 0 Å². The van der Waals surface area contributed by atoms with Crippen molar-refractivity contribution in [3.63, 3.8) is 0 Å². The number of anilines is 1. The van der Waals surface area contributed by atoms with Crippen molar-refractivity contribution in [3.05, 3.63) is 64.2 Å². The van der Waals surface area contributed by atoms with Crippen LogP contribution in [0.3, 0.4) is 0 Å². The molecule has 0 bridgehead atoms. The maximum absolute atomic E-state index is 13.0. The first-order valence-electron chi connectivity index (χ1n) is 10.8. The van der Waals surface area contributed by atoms with Gasteiger partial charge in [-0.1, -0.05) is 29.8 Å². The zero-order valence-electron chi connectivity index (χ0n) is 18.2. The summed E-state index contributed by atoms with van der Waals surface area (Å²) < 4.78 is 31.9. The number of carbonyl (C=O) groups excluding carboxylic acids is 1. The molecule has 2 aromatic carbocycles. The molecule has 0 spiro atoms. The number of halogens is 1. The van der Waals surface area contributed by atoms with E-state index in [9.17, 15) is 13.2 Å². The van der Waals surface area contributed by atoms with Gasteiger partial charge in [-0.3, -0.25) is 4.79 Å². The number of carbonyl (C=O) groups is 1. The number of rotatable bonds is 5. The first-order chi connectivity index (χ1) is 15.3. The highest BCUT2D eigenvalue weighted by atomic mass is 35.5. The predicted octanol–water partition coefficient (Wildman–Crippen LogP) is 2.77. The van der Waals surface area contributed by atoms with Crippen LogP contribution in [0.2, 0.25) is 5.02 Å². The Kier molecular flexibility index (Phi) is 7.05. The highest BCUT2D eigenvalue weighted by Crippen LogP contribution is 2.25. The Balaban J connectivity index is 1.35. The smallest absolute Gasteiger partial charge is 0.253 e. The molecule has 2 aliphatic rings. The van der Waals surface area contributed by atoms with E-state index < -0.39 is 10.0 Å². The van der Waals surface area contributed by atoms with Crippen LogP contribution >= 0.6 is 11.6 Å². The molecular formula is C23H28ClN3O4S. The molecule has 172 valence electrons. The lowest BCUT2D eigenvalue weighted by atomic mass is 10.1. The standard InChI is InChI=1S/C23H28ClN3O4S/c1-18-2-7-21(24)16-22(18)25-8-10-26(11-9-25)23(28)20-5-3-19(4-6-20)17-32(29,30)27-12-14-31-15-13-27/h2-7,16H,8-15,17H2,1H3. The topological polar surface area (TPSA) is 70.2 Å². The third-order valence-corrected chi connectivity index (χ3v) is 8.08. The monoisotopic (exact) mass is 477 g/mol. The summed E-state index contributed by atoms with van der Waals surface area (Å²) >= 11 is 6.16. The van der Waals surface area contributed by atoms with Gasteiger partial charge in [-0.15, -0.1) is 0 Å². The number of piperazine rings is 1. The number of nitrogens with zero attached hydrogens (tertiary/aromatic N) is 3. The third kappa shape index (κ3) is 5.26. The molecule has 4 rings (SSSR count). The van der Waals surface area contributed by atoms with Crippen molar-refractivity contribution in [2.24, 2.45) is 0 Å². The van der Waals surface area contributed by atoms with Gasteiger partial charge in [0.15, 0.2) is 0 Å². The average molecular weight is 478 g/mol. The highest BCUT2D eigenvalue weighted by molar-refractivity contribution is 7.88. The second-order valence-corrected chi connectivity index (χ2v) is 10.6. The summed E-state index contributed by atoms with van der Waals surface area (Å²) in [5.41, 5.74) is 3.52. The number of aryl methyl sites for hydroxylation is 1. The molecule has 9 heteroatoms. The summed E-state index contributed by atoms with van der Waals surface area (Å²) in [4.78, 5) is 17.1. The summed E-state index contributed by atoms with van der Waals surface area (Å²) in [6.45, 7) is 6.41. The van der Waals surface area contributed by atoms with Crippen molar-refractivity contribution in [3.8, 4) is 0 Å². The number of ether oxygens (including phenoxy) is 1. The van der Waals surface area contributed by atoms with Gasteiger partial charge in [0.25, 0.3) is 5.91 Å². The largest absolute Gasteiger partial charge is 0.379 e. The van der Waals surface area contributed by atoms with Crippen molar-refractivity contribution >= 4 is 33.2 Å². The van der Waals surface area contributed by atoms with Crippen LogP contribution in [0, 0.1) is 6.92 Å². The van der Waals surface area contributed by atoms with Crippen molar-refractivity contribution in [1.29, 1.82) is 0 Å². The minimum Gasteiger partial charge on any atom is -0.379 e. The Morgan fingerprint density at radius 3 is 2.28 bits per heavy atom. The van der Waals surface area contributed by atoms with Gasteiger partial charge in [-0.2, -0.15) is 4.31 Å². The number of morpholine rings is 1. The van der Waals surface area contributed by atoms with Gasteiger partial charge in [-0.25, -0.2) is 8.42 Å². The first kappa shape index (κ1) is 23.0. The molecule has 2 aromatic rings. The maximum atomic E-state index is 13.0. The number of hydrogen-bond donors (Lipinski definition) is 0. The third-order valence-electron chi connectivity index (χ3n) is 5.99. The van der Waals surface area contributed by atoms with Gasteiger partial charge in [0.05, 0.1) is 19.0 Å². The molecule has 1 amide bonds. The predicted molar refractivity (Wildman–Crippen MR) is 126 cm³/mol. The number of amides is 1. The van der Waals surface area contributed by atoms with E-state index >= 15 is 0 Å². The Hall–Kier alpha value is -2.13. The lowest BCUT2D eigenvalue weighted by Gasteiger charge is -2.37. The van der Waals surface area contributed by atoms with E-state index in [1.807, 2.05) is 23.1 Å². The molecule has 0 radical (unpaired) electrons. The second-order valence-electron chi connectivity index (χ2n) is 8.17. The van der Waals surface area contributed by atoms with Crippen molar-refractivity contribution in [1.82, 2.24) is 9.21 Å². The van der Waals surface area contributed by atoms with Crippen LogP contribution < -0.4 is 4.90 Å². The number of hydrogen-bond acceptors (Lipinski definition) is 5. The molecule has 0 aromatic heterocycles. The van der Waals surface area contributed by atoms with Gasteiger partial charge < -0.3 is 14.5 Å². The fourth-order valence-corrected chi connectivity index (χ4v) is 5.79. The maximum Gasteiger partial charge on any atom is 0.253 e. The van der Waals surface area contributed by atoms with Crippen LogP contribution in [-0.4, -0.2) is 76.0 Å². The van der Waals surface area contributed by atoms with Crippen LogP contribution in [0.4, 0.5) is 5.69 Å². The molecular weight excluding hydrogens is 450 g/mol. The van der Waals surface area contributed by atoms with Gasteiger partial charge in [0, 0.05) is 55.5 Å². The zero-order valence-corrected chi connectivity index (χ0v) is 19.7. The van der Waals surface area contributed by atoms with Crippen LogP contribution in [0.25, 0.3) is 0 Å². The SMILES string of the molecule is Cc1ccc(Cl)cc1N1CCN(C(=O)c2ccc(CS(=O)(=O)N3CCOCC3)cc2)CC1. The van der Waals surface area contributed by atoms with E-state index in [4.69, 9.17) is 16.3 Å². The first-order valence-corrected chi connectivity index (χ1v) is 12.8. The molecule has 32 heavy (non-hydrogen) atoms. The minimum atomic E-state index is -3.39. The van der Waals surface area contributed by atoms with E-state index in [1.165, 1.54) is 4.31 Å². The van der Waals surface area contributed by atoms with Gasteiger partial charge in [-0.05, 0) is 42.3 Å². The molecule has 2 fully saturated rings. The van der Waals surface area contributed by atoms with Crippen molar-refractivity contribution < 1.29 is 17.9 Å². The summed E-state index contributed by atoms with van der Waals surface area (Å²) in [6, 6.07) is 12.8. The van der Waals surface area contributed by atoms with E-state index in [1.54, 1.807) is 24.3 Å². The lowest BCUT2D eigenvalue weighted by molar-refractivity contribution is 0.0729. The van der Waals surface area contributed by atoms with Crippen LogP contribution in [0.1, 0.15) is 21.5 Å². The Labute approximate surface area is 194 Å². The molecule has 2 heterocycles. The van der Waals surface area contributed by atoms with E-state index in [2.05, 4.69) is 11.8 Å². The summed E-state index contributed by atoms with van der Waals surface area (Å²) in [5, 5.41) is 0.708. The number of sulfonamides is 1. The Bertz CT molecular complexity index is 1060. The lowest BCUT2D eigenvalue weighted by Crippen LogP contribution is -2.49. The summed E-state index contributed by atoms with van der Waals surface area (Å²) in [6.07, 6.45) is 0. The molecule has 7 nitrogen and oxygen atoms in total. The highest BCUT2D eigenvalue weighted by Gasteiger charge is 2.26. The molecule has 2 aliphatic heterocycles. The molecule has 0 unspecified atom stereocenters. The van der Waals surface area contributed by atoms with Crippen LogP contribution in [0.15, 0.2) is 42.5 Å². The molecule has 0 N–H and O–H groups in total. The van der Waals surface area contributed by atoms with E-state index in [0.29, 0.717) is 55.5 Å². The average Bonchev–Trinajstić information content (AvgIpc) is 2.81. The minimum absolute atomic E-state index is 0.0324. The summed E-state index contributed by atoms with van der Waals surface area (Å²) in [7, 11) is -3.39. The van der Waals surface area contributed by atoms with Gasteiger partial charge in [0.1, 0.15) is 0 Å². The van der Waals surface area contributed by atoms with Gasteiger partial charge in [0.2, 0.25) is 10.0 Å². The molecule has 0 aliphatic carbocycles. The Morgan fingerprint density at radius 2 is 1.62 bits per heavy atom. The molecule has 0 saturated carbocycles. The van der Waals surface area contributed by atoms with E-state index in [-0.39, 0.29) is 11.7 Å².